The Balaban J connectivity index is 2.17. The maximum Gasteiger partial charge on any atom is 0.115 e. The molecule has 0 aromatic heterocycles. The quantitative estimate of drug-likeness (QED) is 0.839. The van der Waals surface area contributed by atoms with Gasteiger partial charge in [-0.3, -0.25) is 0 Å². The third-order valence-corrected chi connectivity index (χ3v) is 3.70. The molecular weight excluding hydrogens is 258 g/mol. The molecule has 0 bridgehead atoms. The molecular formula is C19H25NO. The molecule has 0 aliphatic heterocycles. The van der Waals surface area contributed by atoms with Gasteiger partial charge in [0.2, 0.25) is 0 Å². The molecule has 2 aromatic rings. The van der Waals surface area contributed by atoms with E-state index in [1.165, 1.54) is 16.7 Å². The Hall–Kier alpha value is -1.80. The van der Waals surface area contributed by atoms with Gasteiger partial charge >= 0.3 is 0 Å². The topological polar surface area (TPSA) is 32.3 Å². The molecule has 0 saturated heterocycles. The second-order valence-corrected chi connectivity index (χ2v) is 6.04. The van der Waals surface area contributed by atoms with E-state index in [1.807, 2.05) is 12.1 Å². The van der Waals surface area contributed by atoms with E-state index in [4.69, 9.17) is 0 Å². The first-order valence-corrected chi connectivity index (χ1v) is 7.62. The average Bonchev–Trinajstić information content (AvgIpc) is 2.45. The lowest BCUT2D eigenvalue weighted by molar-refractivity contribution is 0.474. The molecule has 2 nitrogen and oxygen atoms in total. The predicted octanol–water partition coefficient (Wildman–Crippen LogP) is 4.02. The highest BCUT2D eigenvalue weighted by Gasteiger charge is 2.13. The van der Waals surface area contributed by atoms with Gasteiger partial charge in [0, 0.05) is 18.5 Å². The van der Waals surface area contributed by atoms with Crippen LogP contribution in [-0.4, -0.2) is 17.7 Å². The van der Waals surface area contributed by atoms with Crippen molar-refractivity contribution >= 4 is 0 Å². The first-order chi connectivity index (χ1) is 10.0. The summed E-state index contributed by atoms with van der Waals surface area (Å²) in [6.07, 6.45) is 0.976. The van der Waals surface area contributed by atoms with Gasteiger partial charge in [-0.05, 0) is 36.6 Å². The molecule has 112 valence electrons. The van der Waals surface area contributed by atoms with E-state index in [2.05, 4.69) is 50.4 Å². The second-order valence-electron chi connectivity index (χ2n) is 6.04. The minimum absolute atomic E-state index is 0.325. The number of aryl methyl sites for hydroxylation is 1. The summed E-state index contributed by atoms with van der Waals surface area (Å²) in [6, 6.07) is 16.8. The van der Waals surface area contributed by atoms with Crippen LogP contribution in [0.3, 0.4) is 0 Å². The van der Waals surface area contributed by atoms with Crippen LogP contribution in [0.15, 0.2) is 48.5 Å². The molecule has 0 saturated carbocycles. The van der Waals surface area contributed by atoms with Gasteiger partial charge in [-0.15, -0.1) is 0 Å². The fourth-order valence-electron chi connectivity index (χ4n) is 2.53. The second kappa shape index (κ2) is 7.28. The van der Waals surface area contributed by atoms with Crippen LogP contribution < -0.4 is 5.32 Å². The third-order valence-electron chi connectivity index (χ3n) is 3.70. The van der Waals surface area contributed by atoms with Crippen LogP contribution >= 0.6 is 0 Å². The first-order valence-electron chi connectivity index (χ1n) is 7.62. The van der Waals surface area contributed by atoms with Crippen molar-refractivity contribution in [2.45, 2.75) is 39.2 Å². The van der Waals surface area contributed by atoms with Crippen LogP contribution in [-0.2, 0) is 6.42 Å². The van der Waals surface area contributed by atoms with Gasteiger partial charge < -0.3 is 10.4 Å². The normalized spacial score (nSPS) is 12.6. The molecule has 0 fully saturated rings. The first kappa shape index (κ1) is 15.6. The Labute approximate surface area is 127 Å². The molecule has 2 heteroatoms. The van der Waals surface area contributed by atoms with Crippen LogP contribution in [0.2, 0.25) is 0 Å². The molecule has 2 N–H and O–H groups in total. The highest BCUT2D eigenvalue weighted by Crippen LogP contribution is 2.22. The smallest absolute Gasteiger partial charge is 0.115 e. The molecule has 2 aromatic carbocycles. The Morgan fingerprint density at radius 2 is 1.76 bits per heavy atom. The zero-order chi connectivity index (χ0) is 15.2. The number of phenolic OH excluding ortho intramolecular Hbond substituents is 1. The van der Waals surface area contributed by atoms with E-state index >= 15 is 0 Å². The van der Waals surface area contributed by atoms with Crippen molar-refractivity contribution in [2.24, 2.45) is 0 Å². The van der Waals surface area contributed by atoms with Crippen molar-refractivity contribution in [1.29, 1.82) is 0 Å². The summed E-state index contributed by atoms with van der Waals surface area (Å²) in [4.78, 5) is 0. The molecule has 0 spiro atoms. The van der Waals surface area contributed by atoms with Gasteiger partial charge in [-0.25, -0.2) is 0 Å². The van der Waals surface area contributed by atoms with E-state index in [0.29, 0.717) is 17.7 Å². The monoisotopic (exact) mass is 283 g/mol. The van der Waals surface area contributed by atoms with Crippen LogP contribution in [0.25, 0.3) is 0 Å². The zero-order valence-corrected chi connectivity index (χ0v) is 13.1. The van der Waals surface area contributed by atoms with Gasteiger partial charge in [0.1, 0.15) is 5.75 Å². The Bertz CT molecular complexity index is 560. The Morgan fingerprint density at radius 3 is 2.38 bits per heavy atom. The van der Waals surface area contributed by atoms with Crippen molar-refractivity contribution in [1.82, 2.24) is 5.32 Å². The Morgan fingerprint density at radius 1 is 1.05 bits per heavy atom. The number of phenols is 1. The summed E-state index contributed by atoms with van der Waals surface area (Å²) in [5.41, 5.74) is 3.92. The minimum atomic E-state index is 0.325. The number of benzene rings is 2. The van der Waals surface area contributed by atoms with Gasteiger partial charge in [-0.1, -0.05) is 55.8 Å². The molecule has 0 aliphatic rings. The Kier molecular flexibility index (Phi) is 5.40. The predicted molar refractivity (Wildman–Crippen MR) is 88.9 cm³/mol. The molecule has 0 aliphatic carbocycles. The summed E-state index contributed by atoms with van der Waals surface area (Å²) in [6.45, 7) is 7.45. The van der Waals surface area contributed by atoms with Crippen molar-refractivity contribution < 1.29 is 5.11 Å². The van der Waals surface area contributed by atoms with Crippen LogP contribution in [0.5, 0.6) is 5.75 Å². The lowest BCUT2D eigenvalue weighted by Crippen LogP contribution is -2.29. The number of rotatable bonds is 6. The highest BCUT2D eigenvalue weighted by atomic mass is 16.3. The van der Waals surface area contributed by atoms with E-state index < -0.39 is 0 Å². The van der Waals surface area contributed by atoms with Crippen LogP contribution in [0, 0.1) is 6.92 Å². The van der Waals surface area contributed by atoms with E-state index in [1.54, 1.807) is 12.1 Å². The van der Waals surface area contributed by atoms with Crippen LogP contribution in [0.1, 0.15) is 36.5 Å². The SMILES string of the molecule is Cc1cccc(C(CNC(C)C)Cc2ccc(O)cc2)c1. The lowest BCUT2D eigenvalue weighted by Gasteiger charge is -2.20. The third kappa shape index (κ3) is 4.91. The average molecular weight is 283 g/mol. The van der Waals surface area contributed by atoms with E-state index in [0.717, 1.165) is 13.0 Å². The molecule has 0 amide bonds. The molecule has 1 unspecified atom stereocenters. The fraction of sp³-hybridized carbons (Fsp3) is 0.368. The van der Waals surface area contributed by atoms with Gasteiger partial charge in [0.05, 0.1) is 0 Å². The highest BCUT2D eigenvalue weighted by molar-refractivity contribution is 5.30. The largest absolute Gasteiger partial charge is 0.508 e. The number of hydrogen-bond donors (Lipinski definition) is 2. The molecule has 1 atom stereocenters. The maximum atomic E-state index is 9.41. The molecule has 2 rings (SSSR count). The number of hydrogen-bond acceptors (Lipinski definition) is 2. The molecule has 0 heterocycles. The van der Waals surface area contributed by atoms with Crippen molar-refractivity contribution in [3.8, 4) is 5.75 Å². The lowest BCUT2D eigenvalue weighted by atomic mass is 9.91. The van der Waals surface area contributed by atoms with Gasteiger partial charge in [-0.2, -0.15) is 0 Å². The number of aromatic hydroxyl groups is 1. The fourth-order valence-corrected chi connectivity index (χ4v) is 2.53. The summed E-state index contributed by atoms with van der Waals surface area (Å²) >= 11 is 0. The van der Waals surface area contributed by atoms with E-state index in [9.17, 15) is 5.11 Å². The van der Waals surface area contributed by atoms with Gasteiger partial charge in [0.15, 0.2) is 0 Å². The van der Waals surface area contributed by atoms with E-state index in [-0.39, 0.29) is 0 Å². The van der Waals surface area contributed by atoms with Gasteiger partial charge in [0.25, 0.3) is 0 Å². The zero-order valence-electron chi connectivity index (χ0n) is 13.1. The van der Waals surface area contributed by atoms with Crippen LogP contribution in [0.4, 0.5) is 0 Å². The standard InChI is InChI=1S/C19H25NO/c1-14(2)20-13-18(17-6-4-5-15(3)11-17)12-16-7-9-19(21)10-8-16/h4-11,14,18,20-21H,12-13H2,1-3H3. The van der Waals surface area contributed by atoms with Crippen molar-refractivity contribution in [3.05, 3.63) is 65.2 Å². The summed E-state index contributed by atoms with van der Waals surface area (Å²) in [5.74, 6) is 0.767. The maximum absolute atomic E-state index is 9.41. The summed E-state index contributed by atoms with van der Waals surface area (Å²) in [5, 5.41) is 13.0. The summed E-state index contributed by atoms with van der Waals surface area (Å²) < 4.78 is 0. The van der Waals surface area contributed by atoms with Crippen molar-refractivity contribution in [2.75, 3.05) is 6.54 Å². The minimum Gasteiger partial charge on any atom is -0.508 e. The van der Waals surface area contributed by atoms with Crippen molar-refractivity contribution in [3.63, 3.8) is 0 Å². The summed E-state index contributed by atoms with van der Waals surface area (Å²) in [7, 11) is 0. The molecule has 21 heavy (non-hydrogen) atoms. The molecule has 0 radical (unpaired) electrons. The number of nitrogens with one attached hydrogen (secondary N) is 1.